The number of hydrogen-bond acceptors (Lipinski definition) is 4. The van der Waals surface area contributed by atoms with Crippen LogP contribution in [0.2, 0.25) is 0 Å². The highest BCUT2D eigenvalue weighted by Gasteiger charge is 2.15. The first-order valence-corrected chi connectivity index (χ1v) is 5.78. The van der Waals surface area contributed by atoms with Crippen LogP contribution in [0.4, 0.5) is 0 Å². The first-order chi connectivity index (χ1) is 7.69. The third-order valence-electron chi connectivity index (χ3n) is 2.61. The lowest BCUT2D eigenvalue weighted by atomic mass is 10.00. The van der Waals surface area contributed by atoms with Crippen LogP contribution in [0.5, 0.6) is 0 Å². The van der Waals surface area contributed by atoms with Gasteiger partial charge in [0.1, 0.15) is 17.9 Å². The van der Waals surface area contributed by atoms with Gasteiger partial charge in [-0.2, -0.15) is 5.10 Å². The minimum absolute atomic E-state index is 0.0109. The average Bonchev–Trinajstić information content (AvgIpc) is 2.67. The minimum Gasteiger partial charge on any atom is -0.330 e. The van der Waals surface area contributed by atoms with E-state index in [1.54, 1.807) is 4.68 Å². The van der Waals surface area contributed by atoms with Crippen molar-refractivity contribution < 1.29 is 4.79 Å². The summed E-state index contributed by atoms with van der Waals surface area (Å²) >= 11 is 0. The van der Waals surface area contributed by atoms with E-state index in [1.165, 1.54) is 6.33 Å². The van der Waals surface area contributed by atoms with Gasteiger partial charge >= 0.3 is 0 Å². The molecule has 1 atom stereocenters. The Bertz CT molecular complexity index is 334. The Morgan fingerprint density at radius 2 is 2.38 bits per heavy atom. The molecule has 1 heterocycles. The number of hydrogen-bond donors (Lipinski definition) is 1. The van der Waals surface area contributed by atoms with Crippen LogP contribution >= 0.6 is 0 Å². The van der Waals surface area contributed by atoms with Crippen molar-refractivity contribution in [3.63, 3.8) is 0 Å². The van der Waals surface area contributed by atoms with Gasteiger partial charge in [-0.15, -0.1) is 0 Å². The van der Waals surface area contributed by atoms with Gasteiger partial charge in [0.2, 0.25) is 0 Å². The summed E-state index contributed by atoms with van der Waals surface area (Å²) in [5, 5.41) is 4.09. The van der Waals surface area contributed by atoms with Crippen LogP contribution in [0.1, 0.15) is 32.5 Å². The van der Waals surface area contributed by atoms with E-state index >= 15 is 0 Å². The molecule has 1 unspecified atom stereocenters. The first-order valence-electron chi connectivity index (χ1n) is 5.78. The lowest BCUT2D eigenvalue weighted by molar-refractivity contribution is -0.122. The van der Waals surface area contributed by atoms with Crippen molar-refractivity contribution in [1.82, 2.24) is 14.8 Å². The summed E-state index contributed by atoms with van der Waals surface area (Å²) in [5.41, 5.74) is 5.43. The highest BCUT2D eigenvalue weighted by molar-refractivity contribution is 5.82. The smallest absolute Gasteiger partial charge is 0.143 e. The molecule has 1 aromatic rings. The molecule has 1 aromatic heterocycles. The van der Waals surface area contributed by atoms with Crippen LogP contribution in [0.15, 0.2) is 6.33 Å². The molecule has 2 N–H and O–H groups in total. The topological polar surface area (TPSA) is 73.8 Å². The van der Waals surface area contributed by atoms with Crippen LogP contribution in [0.25, 0.3) is 0 Å². The van der Waals surface area contributed by atoms with E-state index in [1.807, 2.05) is 6.92 Å². The molecule has 0 bridgehead atoms. The maximum atomic E-state index is 11.8. The molecule has 0 amide bonds. The molecule has 90 valence electrons. The summed E-state index contributed by atoms with van der Waals surface area (Å²) in [6, 6.07) is 0. The normalized spacial score (nSPS) is 12.7. The zero-order chi connectivity index (χ0) is 12.0. The first kappa shape index (κ1) is 12.8. The Labute approximate surface area is 96.0 Å². The molecule has 1 rings (SSSR count). The summed E-state index contributed by atoms with van der Waals surface area (Å²) in [6.45, 7) is 5.35. The summed E-state index contributed by atoms with van der Waals surface area (Å²) in [4.78, 5) is 15.9. The van der Waals surface area contributed by atoms with Crippen LogP contribution < -0.4 is 5.73 Å². The highest BCUT2D eigenvalue weighted by Crippen LogP contribution is 2.07. The number of nitrogens with two attached hydrogens (primary N) is 1. The predicted molar refractivity (Wildman–Crippen MR) is 61.9 cm³/mol. The van der Waals surface area contributed by atoms with Crippen molar-refractivity contribution >= 4 is 5.78 Å². The molecule has 5 heteroatoms. The molecule has 0 aliphatic heterocycles. The second-order valence-electron chi connectivity index (χ2n) is 4.02. The van der Waals surface area contributed by atoms with Crippen molar-refractivity contribution in [3.8, 4) is 0 Å². The quantitative estimate of drug-likeness (QED) is 0.743. The summed E-state index contributed by atoms with van der Waals surface area (Å²) in [6.07, 6.45) is 3.59. The number of Topliss-reactive ketones (excluding diaryl/α,β-unsaturated/α-hetero) is 1. The monoisotopic (exact) mass is 224 g/mol. The average molecular weight is 224 g/mol. The SMILES string of the molecule is CCCn1ncnc1CC(=O)C(C)CCN. The maximum Gasteiger partial charge on any atom is 0.143 e. The second-order valence-corrected chi connectivity index (χ2v) is 4.02. The molecule has 0 aliphatic rings. The van der Waals surface area contributed by atoms with Crippen LogP contribution in [-0.4, -0.2) is 27.1 Å². The third-order valence-corrected chi connectivity index (χ3v) is 2.61. The van der Waals surface area contributed by atoms with Crippen molar-refractivity contribution in [2.24, 2.45) is 11.7 Å². The minimum atomic E-state index is 0.0109. The fourth-order valence-electron chi connectivity index (χ4n) is 1.56. The van der Waals surface area contributed by atoms with E-state index in [2.05, 4.69) is 17.0 Å². The van der Waals surface area contributed by atoms with Crippen LogP contribution in [-0.2, 0) is 17.8 Å². The number of carbonyl (C=O) groups is 1. The largest absolute Gasteiger partial charge is 0.330 e. The summed E-state index contributed by atoms with van der Waals surface area (Å²) < 4.78 is 1.80. The van der Waals surface area contributed by atoms with Crippen molar-refractivity contribution in [2.75, 3.05) is 6.54 Å². The predicted octanol–water partition coefficient (Wildman–Crippen LogP) is 0.785. The number of rotatable bonds is 7. The van der Waals surface area contributed by atoms with Gasteiger partial charge in [-0.1, -0.05) is 13.8 Å². The van der Waals surface area contributed by atoms with Gasteiger partial charge in [-0.3, -0.25) is 4.79 Å². The number of nitrogens with zero attached hydrogens (tertiary/aromatic N) is 3. The molecule has 16 heavy (non-hydrogen) atoms. The zero-order valence-electron chi connectivity index (χ0n) is 10.0. The molecule has 5 nitrogen and oxygen atoms in total. The lowest BCUT2D eigenvalue weighted by Crippen LogP contribution is -2.19. The van der Waals surface area contributed by atoms with Gasteiger partial charge in [-0.25, -0.2) is 9.67 Å². The van der Waals surface area contributed by atoms with Gasteiger partial charge < -0.3 is 5.73 Å². The van der Waals surface area contributed by atoms with Gasteiger partial charge in [0.25, 0.3) is 0 Å². The van der Waals surface area contributed by atoms with E-state index in [0.29, 0.717) is 13.0 Å². The number of aryl methyl sites for hydroxylation is 1. The molecule has 0 aliphatic carbocycles. The van der Waals surface area contributed by atoms with Gasteiger partial charge in [0.05, 0.1) is 6.42 Å². The fraction of sp³-hybridized carbons (Fsp3) is 0.727. The Morgan fingerprint density at radius 1 is 1.62 bits per heavy atom. The third kappa shape index (κ3) is 3.41. The van der Waals surface area contributed by atoms with Crippen molar-refractivity contribution in [2.45, 2.75) is 39.7 Å². The molecular formula is C11H20N4O. The summed E-state index contributed by atoms with van der Waals surface area (Å²) in [7, 11) is 0. The number of aromatic nitrogens is 3. The zero-order valence-corrected chi connectivity index (χ0v) is 10.0. The maximum absolute atomic E-state index is 11.8. The molecule has 0 spiro atoms. The van der Waals surface area contributed by atoms with E-state index in [0.717, 1.165) is 25.2 Å². The standard InChI is InChI=1S/C11H20N4O/c1-3-6-15-11(13-8-14-15)7-10(16)9(2)4-5-12/h8-9H,3-7,12H2,1-2H3. The molecule has 0 radical (unpaired) electrons. The molecule has 0 aromatic carbocycles. The van der Waals surface area contributed by atoms with Crippen LogP contribution in [0, 0.1) is 5.92 Å². The molecule has 0 saturated carbocycles. The van der Waals surface area contributed by atoms with Gasteiger partial charge in [0, 0.05) is 12.5 Å². The second kappa shape index (κ2) is 6.37. The van der Waals surface area contributed by atoms with E-state index in [9.17, 15) is 4.79 Å². The summed E-state index contributed by atoms with van der Waals surface area (Å²) in [5.74, 6) is 0.961. The Morgan fingerprint density at radius 3 is 3.00 bits per heavy atom. The Balaban J connectivity index is 2.58. The van der Waals surface area contributed by atoms with E-state index < -0.39 is 0 Å². The number of carbonyl (C=O) groups excluding carboxylic acids is 1. The number of ketones is 1. The van der Waals surface area contributed by atoms with E-state index in [-0.39, 0.29) is 11.7 Å². The molecule has 0 fully saturated rings. The van der Waals surface area contributed by atoms with Gasteiger partial charge in [0.15, 0.2) is 0 Å². The molecule has 0 saturated heterocycles. The molecular weight excluding hydrogens is 204 g/mol. The Kier molecular flexibility index (Phi) is 5.11. The van der Waals surface area contributed by atoms with Crippen LogP contribution in [0.3, 0.4) is 0 Å². The fourth-order valence-corrected chi connectivity index (χ4v) is 1.56. The van der Waals surface area contributed by atoms with Crippen molar-refractivity contribution in [1.29, 1.82) is 0 Å². The highest BCUT2D eigenvalue weighted by atomic mass is 16.1. The lowest BCUT2D eigenvalue weighted by Gasteiger charge is -2.09. The Hall–Kier alpha value is -1.23. The van der Waals surface area contributed by atoms with Crippen molar-refractivity contribution in [3.05, 3.63) is 12.2 Å². The van der Waals surface area contributed by atoms with E-state index in [4.69, 9.17) is 5.73 Å². The van der Waals surface area contributed by atoms with Gasteiger partial charge in [-0.05, 0) is 19.4 Å².